The van der Waals surface area contributed by atoms with Crippen molar-refractivity contribution < 1.29 is 28.2 Å². The summed E-state index contributed by atoms with van der Waals surface area (Å²) in [6, 6.07) is 8.55. The lowest BCUT2D eigenvalue weighted by Gasteiger charge is -2.37. The number of nitrogens with zero attached hydrogens (tertiary/aromatic N) is 6. The number of carbonyl (C=O) groups is 2. The second-order valence-corrected chi connectivity index (χ2v) is 11.3. The number of aromatic nitrogens is 4. The van der Waals surface area contributed by atoms with Crippen LogP contribution >= 0.6 is 0 Å². The van der Waals surface area contributed by atoms with Crippen molar-refractivity contribution in [3.8, 4) is 17.3 Å². The molecule has 0 unspecified atom stereocenters. The third kappa shape index (κ3) is 4.45. The van der Waals surface area contributed by atoms with E-state index in [1.807, 2.05) is 18.2 Å². The van der Waals surface area contributed by atoms with Gasteiger partial charge in [-0.3, -0.25) is 4.79 Å². The molecule has 3 aromatic heterocycles. The molecule has 0 radical (unpaired) electrons. The largest absolute Gasteiger partial charge is 0.465 e. The Balaban J connectivity index is 1.29. The summed E-state index contributed by atoms with van der Waals surface area (Å²) in [7, 11) is 1.75. The van der Waals surface area contributed by atoms with Gasteiger partial charge in [-0.05, 0) is 67.9 Å². The number of alkyl halides is 2. The van der Waals surface area contributed by atoms with E-state index in [4.69, 9.17) is 9.72 Å². The van der Waals surface area contributed by atoms with Gasteiger partial charge in [-0.1, -0.05) is 0 Å². The Kier molecular flexibility index (Phi) is 6.09. The smallest absolute Gasteiger partial charge is 0.407 e. The Morgan fingerprint density at radius 3 is 2.71 bits per heavy atom. The summed E-state index contributed by atoms with van der Waals surface area (Å²) in [5.41, 5.74) is 2.56. The maximum atomic E-state index is 13.7. The van der Waals surface area contributed by atoms with E-state index in [-0.39, 0.29) is 35.7 Å². The van der Waals surface area contributed by atoms with Crippen molar-refractivity contribution in [3.05, 3.63) is 42.1 Å². The normalized spacial score (nSPS) is 20.8. The summed E-state index contributed by atoms with van der Waals surface area (Å²) < 4.78 is 36.0. The lowest BCUT2D eigenvalue weighted by Crippen LogP contribution is -2.51. The number of pyridine rings is 1. The standard InChI is InChI=1S/C29H30F2N6O4/c1-34-24-20(33-26(34)21-12-18-3-2-8-32-25(18)37(21)14-16-4-5-16)11-19(13-23(24)41-28(30)31)27(38)35-9-6-17-7-10-36(29(39)40)22(17)15-35/h2-3,8,11-13,16-17,22,28H,4-7,9-10,14-15H2,1H3,(H,39,40)/t17-,22+/m0/s1. The van der Waals surface area contributed by atoms with Crippen LogP contribution in [0.5, 0.6) is 5.75 Å². The van der Waals surface area contributed by atoms with E-state index in [1.165, 1.54) is 11.0 Å². The molecular formula is C29H30F2N6O4. The van der Waals surface area contributed by atoms with E-state index in [9.17, 15) is 23.5 Å². The van der Waals surface area contributed by atoms with Crippen molar-refractivity contribution >= 4 is 34.1 Å². The first-order valence-electron chi connectivity index (χ1n) is 14.0. The third-order valence-corrected chi connectivity index (χ3v) is 8.82. The van der Waals surface area contributed by atoms with Crippen molar-refractivity contribution in [1.29, 1.82) is 0 Å². The van der Waals surface area contributed by atoms with Crippen molar-refractivity contribution in [2.24, 2.45) is 18.9 Å². The summed E-state index contributed by atoms with van der Waals surface area (Å²) in [5.74, 6) is 0.842. The predicted molar refractivity (Wildman–Crippen MR) is 146 cm³/mol. The number of benzene rings is 1. The fraction of sp³-hybridized carbons (Fsp3) is 0.448. The van der Waals surface area contributed by atoms with Crippen LogP contribution in [0.15, 0.2) is 36.5 Å². The second-order valence-electron chi connectivity index (χ2n) is 11.3. The quantitative estimate of drug-likeness (QED) is 0.360. The summed E-state index contributed by atoms with van der Waals surface area (Å²) in [6.45, 7) is -1.12. The van der Waals surface area contributed by atoms with Crippen LogP contribution < -0.4 is 4.74 Å². The second kappa shape index (κ2) is 9.71. The molecule has 3 fully saturated rings. The minimum Gasteiger partial charge on any atom is -0.465 e. The lowest BCUT2D eigenvalue weighted by molar-refractivity contribution is -0.0490. The summed E-state index contributed by atoms with van der Waals surface area (Å²) in [4.78, 5) is 37.8. The number of hydrogen-bond donors (Lipinski definition) is 1. The Morgan fingerprint density at radius 1 is 1.15 bits per heavy atom. The minimum absolute atomic E-state index is 0.131. The van der Waals surface area contributed by atoms with E-state index in [0.717, 1.165) is 42.5 Å². The monoisotopic (exact) mass is 564 g/mol. The topological polar surface area (TPSA) is 106 Å². The first-order valence-corrected chi connectivity index (χ1v) is 14.0. The van der Waals surface area contributed by atoms with Crippen molar-refractivity contribution in [1.82, 2.24) is 28.9 Å². The molecule has 2 amide bonds. The number of aryl methyl sites for hydroxylation is 1. The Labute approximate surface area is 234 Å². The first-order chi connectivity index (χ1) is 19.8. The van der Waals surface area contributed by atoms with Gasteiger partial charge in [0.1, 0.15) is 11.2 Å². The molecule has 2 atom stereocenters. The zero-order valence-electron chi connectivity index (χ0n) is 22.5. The van der Waals surface area contributed by atoms with Gasteiger partial charge in [-0.25, -0.2) is 14.8 Å². The van der Waals surface area contributed by atoms with Gasteiger partial charge in [-0.2, -0.15) is 8.78 Å². The molecule has 2 aliphatic heterocycles. The highest BCUT2D eigenvalue weighted by Gasteiger charge is 2.42. The van der Waals surface area contributed by atoms with Crippen molar-refractivity contribution in [2.75, 3.05) is 19.6 Å². The van der Waals surface area contributed by atoms with Gasteiger partial charge < -0.3 is 28.8 Å². The Bertz CT molecular complexity index is 1680. The van der Waals surface area contributed by atoms with E-state index in [2.05, 4.69) is 9.55 Å². The molecule has 12 heteroatoms. The molecule has 214 valence electrons. The zero-order chi connectivity index (χ0) is 28.4. The highest BCUT2D eigenvalue weighted by molar-refractivity contribution is 6.00. The number of carboxylic acid groups (broad SMARTS) is 1. The summed E-state index contributed by atoms with van der Waals surface area (Å²) >= 11 is 0. The molecule has 0 bridgehead atoms. The predicted octanol–water partition coefficient (Wildman–Crippen LogP) is 4.82. The van der Waals surface area contributed by atoms with Gasteiger partial charge in [0.2, 0.25) is 0 Å². The molecule has 1 aliphatic carbocycles. The fourth-order valence-corrected chi connectivity index (χ4v) is 6.61. The highest BCUT2D eigenvalue weighted by atomic mass is 19.3. The van der Waals surface area contributed by atoms with Gasteiger partial charge >= 0.3 is 12.7 Å². The number of imidazole rings is 1. The first kappa shape index (κ1) is 25.7. The minimum atomic E-state index is -3.09. The van der Waals surface area contributed by atoms with Crippen LogP contribution in [-0.2, 0) is 13.6 Å². The SMILES string of the molecule is Cn1c(-c2cc3cccnc3n2CC2CC2)nc2cc(C(=O)N3CC[C@H]4CCN(C(=O)O)[C@@H]4C3)cc(OC(F)F)c21. The molecule has 3 aliphatic rings. The van der Waals surface area contributed by atoms with Gasteiger partial charge in [-0.15, -0.1) is 0 Å². The van der Waals surface area contributed by atoms with Crippen molar-refractivity contribution in [3.63, 3.8) is 0 Å². The van der Waals surface area contributed by atoms with Gasteiger partial charge in [0.15, 0.2) is 11.6 Å². The lowest BCUT2D eigenvalue weighted by atomic mass is 9.92. The number of carbonyl (C=O) groups excluding carboxylic acids is 1. The van der Waals surface area contributed by atoms with Crippen LogP contribution in [-0.4, -0.2) is 78.3 Å². The number of amides is 2. The molecule has 5 heterocycles. The fourth-order valence-electron chi connectivity index (χ4n) is 6.61. The van der Waals surface area contributed by atoms with Crippen LogP contribution in [0.3, 0.4) is 0 Å². The number of hydrogen-bond acceptors (Lipinski definition) is 5. The number of rotatable bonds is 6. The molecular weight excluding hydrogens is 534 g/mol. The Hall–Kier alpha value is -4.22. The van der Waals surface area contributed by atoms with Crippen LogP contribution in [0.1, 0.15) is 36.0 Å². The summed E-state index contributed by atoms with van der Waals surface area (Å²) in [5, 5.41) is 10.6. The summed E-state index contributed by atoms with van der Waals surface area (Å²) in [6.07, 6.45) is 4.53. The van der Waals surface area contributed by atoms with Gasteiger partial charge in [0, 0.05) is 50.4 Å². The highest BCUT2D eigenvalue weighted by Crippen LogP contribution is 2.38. The van der Waals surface area contributed by atoms with Gasteiger partial charge in [0.25, 0.3) is 5.91 Å². The molecule has 10 nitrogen and oxygen atoms in total. The molecule has 1 saturated carbocycles. The number of fused-ring (bicyclic) bond motifs is 3. The van der Waals surface area contributed by atoms with Crippen LogP contribution in [0.25, 0.3) is 33.6 Å². The molecule has 4 aromatic rings. The van der Waals surface area contributed by atoms with Crippen LogP contribution in [0, 0.1) is 11.8 Å². The zero-order valence-corrected chi connectivity index (χ0v) is 22.5. The van der Waals surface area contributed by atoms with E-state index >= 15 is 0 Å². The van der Waals surface area contributed by atoms with E-state index in [1.54, 1.807) is 28.8 Å². The number of likely N-dealkylation sites (tertiary alicyclic amines) is 2. The molecule has 7 rings (SSSR count). The molecule has 1 N–H and O–H groups in total. The third-order valence-electron chi connectivity index (χ3n) is 8.82. The van der Waals surface area contributed by atoms with Crippen LogP contribution in [0.2, 0.25) is 0 Å². The van der Waals surface area contributed by atoms with E-state index < -0.39 is 12.7 Å². The number of halogens is 2. The Morgan fingerprint density at radius 2 is 1.95 bits per heavy atom. The molecule has 2 saturated heterocycles. The molecule has 1 aromatic carbocycles. The molecule has 41 heavy (non-hydrogen) atoms. The average Bonchev–Trinajstić information content (AvgIpc) is 3.40. The van der Waals surface area contributed by atoms with Gasteiger partial charge in [0.05, 0.1) is 17.3 Å². The average molecular weight is 565 g/mol. The maximum absolute atomic E-state index is 13.7. The van der Waals surface area contributed by atoms with E-state index in [0.29, 0.717) is 42.3 Å². The number of piperidine rings is 1. The maximum Gasteiger partial charge on any atom is 0.407 e. The number of ether oxygens (including phenoxy) is 1. The molecule has 0 spiro atoms. The van der Waals surface area contributed by atoms with Crippen molar-refractivity contribution in [2.45, 2.75) is 44.9 Å². The van der Waals surface area contributed by atoms with Crippen LogP contribution in [0.4, 0.5) is 13.6 Å².